The third-order valence-corrected chi connectivity index (χ3v) is 3.23. The maximum Gasteiger partial charge on any atom is 0.251 e. The van der Waals surface area contributed by atoms with Crippen LogP contribution in [0.3, 0.4) is 0 Å². The minimum atomic E-state index is -0.957. The van der Waals surface area contributed by atoms with E-state index in [0.717, 1.165) is 10.9 Å². The zero-order valence-electron chi connectivity index (χ0n) is 9.24. The van der Waals surface area contributed by atoms with Gasteiger partial charge in [-0.1, -0.05) is 6.07 Å². The average Bonchev–Trinajstić information content (AvgIpc) is 2.80. The highest BCUT2D eigenvalue weighted by atomic mass is 32.1. The number of carbonyl (C=O) groups excluding carboxylic acids is 1. The third kappa shape index (κ3) is 2.65. The molecule has 1 aromatic heterocycles. The number of anilines is 1. The lowest BCUT2D eigenvalue weighted by Crippen LogP contribution is -2.14. The number of carbonyl (C=O) groups is 1. The van der Waals surface area contributed by atoms with Gasteiger partial charge < -0.3 is 11.1 Å². The molecule has 0 bridgehead atoms. The van der Waals surface area contributed by atoms with Gasteiger partial charge in [-0.3, -0.25) is 4.79 Å². The molecule has 0 saturated carbocycles. The van der Waals surface area contributed by atoms with Gasteiger partial charge >= 0.3 is 0 Å². The monoisotopic (exact) mass is 268 g/mol. The molecule has 3 nitrogen and oxygen atoms in total. The molecule has 3 N–H and O–H groups in total. The Kier molecular flexibility index (Phi) is 3.57. The van der Waals surface area contributed by atoms with Crippen molar-refractivity contribution in [3.05, 3.63) is 51.7 Å². The molecule has 0 saturated heterocycles. The minimum absolute atomic E-state index is 0.0543. The van der Waals surface area contributed by atoms with Crippen molar-refractivity contribution in [2.45, 2.75) is 6.54 Å². The zero-order chi connectivity index (χ0) is 13.1. The number of benzene rings is 1. The fraction of sp³-hybridized carbons (Fsp3) is 0.0833. The fourth-order valence-electron chi connectivity index (χ4n) is 1.47. The molecule has 2 aromatic rings. The topological polar surface area (TPSA) is 55.1 Å². The first-order valence-electron chi connectivity index (χ1n) is 5.13. The van der Waals surface area contributed by atoms with E-state index in [-0.39, 0.29) is 11.3 Å². The summed E-state index contributed by atoms with van der Waals surface area (Å²) in [7, 11) is 0. The Hall–Kier alpha value is -1.95. The van der Waals surface area contributed by atoms with Gasteiger partial charge in [0.05, 0.1) is 11.3 Å². The zero-order valence-corrected chi connectivity index (χ0v) is 10.1. The molecule has 0 aliphatic rings. The summed E-state index contributed by atoms with van der Waals surface area (Å²) >= 11 is 1.51. The van der Waals surface area contributed by atoms with Gasteiger partial charge in [-0.2, -0.15) is 0 Å². The van der Waals surface area contributed by atoms with Crippen molar-refractivity contribution in [3.63, 3.8) is 0 Å². The van der Waals surface area contributed by atoms with Gasteiger partial charge in [0.25, 0.3) is 5.91 Å². The van der Waals surface area contributed by atoms with Gasteiger partial charge in [-0.25, -0.2) is 8.78 Å². The van der Waals surface area contributed by atoms with Crippen LogP contribution in [0.2, 0.25) is 0 Å². The van der Waals surface area contributed by atoms with E-state index in [2.05, 4.69) is 5.32 Å². The van der Waals surface area contributed by atoms with Crippen LogP contribution in [-0.2, 0) is 6.54 Å². The Morgan fingerprint density at radius 2 is 2.11 bits per heavy atom. The number of nitrogens with one attached hydrogen (secondary N) is 1. The molecule has 0 spiro atoms. The van der Waals surface area contributed by atoms with Gasteiger partial charge in [-0.05, 0) is 17.5 Å². The first kappa shape index (κ1) is 12.5. The van der Waals surface area contributed by atoms with Gasteiger partial charge in [0.15, 0.2) is 0 Å². The van der Waals surface area contributed by atoms with Crippen LogP contribution in [0.1, 0.15) is 15.2 Å². The van der Waals surface area contributed by atoms with E-state index in [1.807, 2.05) is 17.5 Å². The predicted octanol–water partition coefficient (Wildman–Crippen LogP) is 2.74. The Morgan fingerprint density at radius 1 is 1.33 bits per heavy atom. The van der Waals surface area contributed by atoms with E-state index in [9.17, 15) is 13.6 Å². The Bertz CT molecular complexity index is 570. The maximum absolute atomic E-state index is 13.5. The van der Waals surface area contributed by atoms with Crippen LogP contribution < -0.4 is 11.1 Å². The van der Waals surface area contributed by atoms with E-state index < -0.39 is 17.5 Å². The quantitative estimate of drug-likeness (QED) is 0.895. The van der Waals surface area contributed by atoms with Crippen LogP contribution in [0.5, 0.6) is 0 Å². The molecule has 1 aromatic carbocycles. The first-order chi connectivity index (χ1) is 8.58. The second kappa shape index (κ2) is 5.14. The molecule has 1 amide bonds. The highest BCUT2D eigenvalue weighted by Crippen LogP contribution is 2.20. The molecule has 0 aliphatic carbocycles. The number of hydrogen-bond acceptors (Lipinski definition) is 3. The fourth-order valence-corrected chi connectivity index (χ4v) is 2.11. The highest BCUT2D eigenvalue weighted by Gasteiger charge is 2.13. The molecule has 0 unspecified atom stereocenters. The molecule has 94 valence electrons. The standard InChI is InChI=1S/C12H10F2N2OS/c13-9-5-10(14)11(4-8(9)12(15)17)16-6-7-2-1-3-18-7/h1-5,16H,6H2,(H2,15,17). The van der Waals surface area contributed by atoms with Crippen LogP contribution >= 0.6 is 11.3 Å². The van der Waals surface area contributed by atoms with Gasteiger partial charge in [0, 0.05) is 17.5 Å². The van der Waals surface area contributed by atoms with Crippen molar-refractivity contribution in [3.8, 4) is 0 Å². The number of rotatable bonds is 4. The molecule has 0 aliphatic heterocycles. The predicted molar refractivity (Wildman–Crippen MR) is 66.5 cm³/mol. The molecule has 0 fully saturated rings. The number of nitrogens with two attached hydrogens (primary N) is 1. The summed E-state index contributed by atoms with van der Waals surface area (Å²) in [5, 5.41) is 4.69. The third-order valence-electron chi connectivity index (χ3n) is 2.36. The Labute approximate surface area is 106 Å². The summed E-state index contributed by atoms with van der Waals surface area (Å²) in [4.78, 5) is 12.0. The van der Waals surface area contributed by atoms with E-state index in [0.29, 0.717) is 12.6 Å². The lowest BCUT2D eigenvalue weighted by molar-refractivity contribution is 0.0996. The van der Waals surface area contributed by atoms with E-state index >= 15 is 0 Å². The van der Waals surface area contributed by atoms with Crippen LogP contribution in [0, 0.1) is 11.6 Å². The summed E-state index contributed by atoms with van der Waals surface area (Å²) in [6, 6.07) is 5.49. The summed E-state index contributed by atoms with van der Waals surface area (Å²) in [6.45, 7) is 0.401. The number of amides is 1. The number of hydrogen-bond donors (Lipinski definition) is 2. The second-order valence-electron chi connectivity index (χ2n) is 3.61. The molecule has 2 rings (SSSR count). The van der Waals surface area contributed by atoms with Crippen LogP contribution in [-0.4, -0.2) is 5.91 Å². The first-order valence-corrected chi connectivity index (χ1v) is 6.01. The summed E-state index contributed by atoms with van der Waals surface area (Å²) in [6.07, 6.45) is 0. The molecule has 1 heterocycles. The van der Waals surface area contributed by atoms with E-state index in [1.54, 1.807) is 0 Å². The largest absolute Gasteiger partial charge is 0.378 e. The van der Waals surface area contributed by atoms with Gasteiger partial charge in [0.2, 0.25) is 0 Å². The summed E-state index contributed by atoms with van der Waals surface area (Å²) in [5.74, 6) is -2.64. The second-order valence-corrected chi connectivity index (χ2v) is 4.64. The van der Waals surface area contributed by atoms with Crippen molar-refractivity contribution < 1.29 is 13.6 Å². The van der Waals surface area contributed by atoms with Crippen molar-refractivity contribution >= 4 is 22.9 Å². The lowest BCUT2D eigenvalue weighted by atomic mass is 10.1. The lowest BCUT2D eigenvalue weighted by Gasteiger charge is -2.08. The molecule has 0 radical (unpaired) electrons. The molecular weight excluding hydrogens is 258 g/mol. The van der Waals surface area contributed by atoms with Crippen LogP contribution in [0.15, 0.2) is 29.6 Å². The smallest absolute Gasteiger partial charge is 0.251 e. The van der Waals surface area contributed by atoms with Gasteiger partial charge in [-0.15, -0.1) is 11.3 Å². The average molecular weight is 268 g/mol. The number of primary amides is 1. The highest BCUT2D eigenvalue weighted by molar-refractivity contribution is 7.09. The summed E-state index contributed by atoms with van der Waals surface area (Å²) in [5.41, 5.74) is 4.72. The van der Waals surface area contributed by atoms with Crippen molar-refractivity contribution in [1.29, 1.82) is 0 Å². The van der Waals surface area contributed by atoms with Crippen LogP contribution in [0.4, 0.5) is 14.5 Å². The number of halogens is 2. The van der Waals surface area contributed by atoms with E-state index in [1.165, 1.54) is 11.3 Å². The van der Waals surface area contributed by atoms with Crippen molar-refractivity contribution in [2.24, 2.45) is 5.73 Å². The Morgan fingerprint density at radius 3 is 2.72 bits per heavy atom. The number of thiophene rings is 1. The minimum Gasteiger partial charge on any atom is -0.378 e. The van der Waals surface area contributed by atoms with Crippen molar-refractivity contribution in [2.75, 3.05) is 5.32 Å². The molecule has 0 atom stereocenters. The summed E-state index contributed by atoms with van der Waals surface area (Å²) < 4.78 is 26.7. The molecular formula is C12H10F2N2OS. The SMILES string of the molecule is NC(=O)c1cc(NCc2cccs2)c(F)cc1F. The Balaban J connectivity index is 2.22. The molecule has 18 heavy (non-hydrogen) atoms. The maximum atomic E-state index is 13.5. The van der Waals surface area contributed by atoms with Crippen LogP contribution in [0.25, 0.3) is 0 Å². The van der Waals surface area contributed by atoms with Crippen molar-refractivity contribution in [1.82, 2.24) is 0 Å². The molecule has 6 heteroatoms. The van der Waals surface area contributed by atoms with Gasteiger partial charge in [0.1, 0.15) is 11.6 Å². The van der Waals surface area contributed by atoms with E-state index in [4.69, 9.17) is 5.73 Å². The normalized spacial score (nSPS) is 10.3.